The number of hydrogen-bond acceptors (Lipinski definition) is 5. The normalized spacial score (nSPS) is 13.1. The van der Waals surface area contributed by atoms with Crippen LogP contribution in [0.1, 0.15) is 37.5 Å². The Kier molecular flexibility index (Phi) is 4.43. The van der Waals surface area contributed by atoms with Crippen LogP contribution in [0.15, 0.2) is 17.5 Å². The first-order valence-electron chi connectivity index (χ1n) is 6.19. The molecule has 0 amide bonds. The van der Waals surface area contributed by atoms with Crippen molar-refractivity contribution in [2.45, 2.75) is 33.4 Å². The molecule has 2 rings (SSSR count). The van der Waals surface area contributed by atoms with Crippen LogP contribution in [0.5, 0.6) is 0 Å². The molecule has 98 valence electrons. The van der Waals surface area contributed by atoms with E-state index in [4.69, 9.17) is 0 Å². The molecule has 0 spiro atoms. The molecule has 2 aromatic rings. The van der Waals surface area contributed by atoms with Gasteiger partial charge in [-0.3, -0.25) is 0 Å². The molecule has 5 nitrogen and oxygen atoms in total. The molecule has 0 radical (unpaired) electrons. The zero-order valence-electron chi connectivity index (χ0n) is 11.0. The van der Waals surface area contributed by atoms with E-state index in [2.05, 4.69) is 59.1 Å². The summed E-state index contributed by atoms with van der Waals surface area (Å²) in [6.07, 6.45) is 0. The molecule has 18 heavy (non-hydrogen) atoms. The zero-order chi connectivity index (χ0) is 13.0. The second-order valence-corrected chi connectivity index (χ2v) is 5.74. The highest BCUT2D eigenvalue weighted by Gasteiger charge is 2.15. The largest absolute Gasteiger partial charge is 0.310 e. The molecule has 1 N–H and O–H groups in total. The summed E-state index contributed by atoms with van der Waals surface area (Å²) in [6.45, 7) is 8.17. The lowest BCUT2D eigenvalue weighted by molar-refractivity contribution is 0.491. The third-order valence-electron chi connectivity index (χ3n) is 2.72. The van der Waals surface area contributed by atoms with Crippen molar-refractivity contribution in [3.05, 3.63) is 28.2 Å². The summed E-state index contributed by atoms with van der Waals surface area (Å²) < 4.78 is 1.89. The van der Waals surface area contributed by atoms with Crippen molar-refractivity contribution >= 4 is 11.3 Å². The molecule has 2 aromatic heterocycles. The average Bonchev–Trinajstić information content (AvgIpc) is 2.98. The fraction of sp³-hybridized carbons (Fsp3) is 0.583. The molecule has 0 saturated carbocycles. The van der Waals surface area contributed by atoms with Gasteiger partial charge in [-0.25, -0.2) is 4.68 Å². The lowest BCUT2D eigenvalue weighted by atomic mass is 10.2. The second-order valence-electron chi connectivity index (χ2n) is 4.76. The molecule has 6 heteroatoms. The maximum absolute atomic E-state index is 4.09. The molecule has 1 atom stereocenters. The average molecular weight is 265 g/mol. The van der Waals surface area contributed by atoms with Crippen LogP contribution in [0.2, 0.25) is 0 Å². The fourth-order valence-electron chi connectivity index (χ4n) is 1.75. The highest BCUT2D eigenvalue weighted by Crippen LogP contribution is 2.22. The van der Waals surface area contributed by atoms with E-state index in [0.717, 1.165) is 12.4 Å². The van der Waals surface area contributed by atoms with E-state index in [0.29, 0.717) is 12.5 Å². The lowest BCUT2D eigenvalue weighted by Gasteiger charge is -2.12. The second kappa shape index (κ2) is 6.06. The highest BCUT2D eigenvalue weighted by molar-refractivity contribution is 7.10. The summed E-state index contributed by atoms with van der Waals surface area (Å²) in [5.74, 6) is 1.51. The molecular weight excluding hydrogens is 246 g/mol. The van der Waals surface area contributed by atoms with Crippen molar-refractivity contribution < 1.29 is 0 Å². The van der Waals surface area contributed by atoms with Crippen LogP contribution in [0, 0.1) is 5.92 Å². The van der Waals surface area contributed by atoms with Gasteiger partial charge in [0.15, 0.2) is 5.82 Å². The van der Waals surface area contributed by atoms with Gasteiger partial charge >= 0.3 is 0 Å². The van der Waals surface area contributed by atoms with Crippen molar-refractivity contribution in [2.24, 2.45) is 5.92 Å². The number of aromatic nitrogens is 4. The van der Waals surface area contributed by atoms with Crippen LogP contribution in [0.25, 0.3) is 0 Å². The number of hydrogen-bond donors (Lipinski definition) is 1. The summed E-state index contributed by atoms with van der Waals surface area (Å²) >= 11 is 1.73. The van der Waals surface area contributed by atoms with Crippen LogP contribution in [0.4, 0.5) is 0 Å². The van der Waals surface area contributed by atoms with Gasteiger partial charge in [0.25, 0.3) is 0 Å². The number of nitrogens with zero attached hydrogens (tertiary/aromatic N) is 4. The van der Waals surface area contributed by atoms with E-state index < -0.39 is 0 Å². The van der Waals surface area contributed by atoms with E-state index in [1.165, 1.54) is 4.88 Å². The number of tetrazole rings is 1. The molecule has 0 bridgehead atoms. The Labute approximate surface area is 111 Å². The maximum Gasteiger partial charge on any atom is 0.165 e. The van der Waals surface area contributed by atoms with E-state index in [-0.39, 0.29) is 6.04 Å². The molecule has 0 aliphatic heterocycles. The molecule has 0 aromatic carbocycles. The van der Waals surface area contributed by atoms with Crippen LogP contribution >= 0.6 is 11.3 Å². The number of thiophene rings is 1. The highest BCUT2D eigenvalue weighted by atomic mass is 32.1. The Morgan fingerprint density at radius 1 is 1.39 bits per heavy atom. The van der Waals surface area contributed by atoms with Gasteiger partial charge in [-0.15, -0.1) is 16.4 Å². The zero-order valence-corrected chi connectivity index (χ0v) is 11.8. The summed E-state index contributed by atoms with van der Waals surface area (Å²) in [5, 5.41) is 17.4. The maximum atomic E-state index is 4.09. The van der Waals surface area contributed by atoms with Gasteiger partial charge in [0.05, 0.1) is 12.6 Å². The predicted molar refractivity (Wildman–Crippen MR) is 72.5 cm³/mol. The smallest absolute Gasteiger partial charge is 0.165 e. The summed E-state index contributed by atoms with van der Waals surface area (Å²) in [7, 11) is 0. The fourth-order valence-corrected chi connectivity index (χ4v) is 2.52. The third kappa shape index (κ3) is 3.14. The van der Waals surface area contributed by atoms with Gasteiger partial charge in [-0.05, 0) is 41.3 Å². The van der Waals surface area contributed by atoms with Crippen molar-refractivity contribution in [1.82, 2.24) is 25.5 Å². The Morgan fingerprint density at radius 3 is 2.89 bits per heavy atom. The Morgan fingerprint density at radius 2 is 2.22 bits per heavy atom. The SMILES string of the molecule is CC(C)CNCc1nnnn1C(C)c1cccs1. The quantitative estimate of drug-likeness (QED) is 0.869. The molecule has 1 unspecified atom stereocenters. The summed E-state index contributed by atoms with van der Waals surface area (Å²) in [5.41, 5.74) is 0. The number of nitrogens with one attached hydrogen (secondary N) is 1. The van der Waals surface area contributed by atoms with Gasteiger partial charge in [0, 0.05) is 4.88 Å². The van der Waals surface area contributed by atoms with Crippen molar-refractivity contribution in [2.75, 3.05) is 6.54 Å². The Hall–Kier alpha value is -1.27. The van der Waals surface area contributed by atoms with E-state index in [1.54, 1.807) is 11.3 Å². The van der Waals surface area contributed by atoms with Crippen molar-refractivity contribution in [1.29, 1.82) is 0 Å². The lowest BCUT2D eigenvalue weighted by Crippen LogP contribution is -2.22. The third-order valence-corrected chi connectivity index (χ3v) is 3.76. The van der Waals surface area contributed by atoms with Gasteiger partial charge in [0.1, 0.15) is 0 Å². The molecule has 2 heterocycles. The van der Waals surface area contributed by atoms with Gasteiger partial charge in [-0.2, -0.15) is 0 Å². The number of rotatable bonds is 6. The van der Waals surface area contributed by atoms with Crippen LogP contribution < -0.4 is 5.32 Å². The topological polar surface area (TPSA) is 55.6 Å². The minimum absolute atomic E-state index is 0.191. The van der Waals surface area contributed by atoms with Crippen molar-refractivity contribution in [3.8, 4) is 0 Å². The van der Waals surface area contributed by atoms with Crippen LogP contribution in [-0.2, 0) is 6.54 Å². The Bertz CT molecular complexity index is 463. The minimum Gasteiger partial charge on any atom is -0.310 e. The first-order valence-corrected chi connectivity index (χ1v) is 7.07. The Balaban J connectivity index is 2.03. The first-order chi connectivity index (χ1) is 8.68. The summed E-state index contributed by atoms with van der Waals surface area (Å²) in [4.78, 5) is 1.27. The van der Waals surface area contributed by atoms with E-state index in [1.807, 2.05) is 4.68 Å². The van der Waals surface area contributed by atoms with Gasteiger partial charge in [0.2, 0.25) is 0 Å². The predicted octanol–water partition coefficient (Wildman–Crippen LogP) is 2.09. The first kappa shape index (κ1) is 13.2. The monoisotopic (exact) mass is 265 g/mol. The van der Waals surface area contributed by atoms with Crippen LogP contribution in [0.3, 0.4) is 0 Å². The molecule has 0 aliphatic carbocycles. The van der Waals surface area contributed by atoms with Crippen LogP contribution in [-0.4, -0.2) is 26.8 Å². The molecular formula is C12H19N5S. The minimum atomic E-state index is 0.191. The van der Waals surface area contributed by atoms with E-state index in [9.17, 15) is 0 Å². The standard InChI is InChI=1S/C12H19N5S/c1-9(2)7-13-8-12-14-15-16-17(12)10(3)11-5-4-6-18-11/h4-6,9-10,13H,7-8H2,1-3H3. The van der Waals surface area contributed by atoms with Gasteiger partial charge in [-0.1, -0.05) is 19.9 Å². The molecule has 0 fully saturated rings. The summed E-state index contributed by atoms with van der Waals surface area (Å²) in [6, 6.07) is 4.36. The van der Waals surface area contributed by atoms with Gasteiger partial charge < -0.3 is 5.32 Å². The van der Waals surface area contributed by atoms with E-state index >= 15 is 0 Å². The molecule has 0 saturated heterocycles. The van der Waals surface area contributed by atoms with Crippen molar-refractivity contribution in [3.63, 3.8) is 0 Å². The molecule has 0 aliphatic rings.